The molecule has 1 aromatic carbocycles. The van der Waals surface area contributed by atoms with E-state index in [4.69, 9.17) is 11.6 Å². The first-order chi connectivity index (χ1) is 12.6. The maximum Gasteiger partial charge on any atom is 0.258 e. The Labute approximate surface area is 161 Å². The fourth-order valence-electron chi connectivity index (χ4n) is 2.41. The van der Waals surface area contributed by atoms with Gasteiger partial charge in [0.05, 0.1) is 5.02 Å². The number of carbonyl (C=O) groups excluding carboxylic acids is 1. The van der Waals surface area contributed by atoms with Crippen LogP contribution >= 0.6 is 11.6 Å². The van der Waals surface area contributed by atoms with Crippen LogP contribution in [0, 0.1) is 0 Å². The summed E-state index contributed by atoms with van der Waals surface area (Å²) in [5, 5.41) is 10.5. The number of nitrogens with one attached hydrogen (secondary N) is 2. The van der Waals surface area contributed by atoms with Crippen molar-refractivity contribution in [3.8, 4) is 0 Å². The molecule has 8 nitrogen and oxygen atoms in total. The smallest absolute Gasteiger partial charge is 0.258 e. The number of amides is 1. The molecule has 2 N–H and O–H groups in total. The highest BCUT2D eigenvalue weighted by atomic mass is 35.5. The van der Waals surface area contributed by atoms with Crippen molar-refractivity contribution in [2.75, 3.05) is 5.32 Å². The van der Waals surface area contributed by atoms with Crippen molar-refractivity contribution in [2.24, 2.45) is 0 Å². The summed E-state index contributed by atoms with van der Waals surface area (Å²) in [4.78, 5) is 12.4. The third-order valence-electron chi connectivity index (χ3n) is 3.46. The molecule has 2 aromatic heterocycles. The Morgan fingerprint density at radius 2 is 1.89 bits per heavy atom. The van der Waals surface area contributed by atoms with Gasteiger partial charge < -0.3 is 0 Å². The lowest BCUT2D eigenvalue weighted by atomic mass is 10.1. The quantitative estimate of drug-likeness (QED) is 0.691. The molecule has 0 saturated carbocycles. The number of aromatic nitrogens is 3. The van der Waals surface area contributed by atoms with Gasteiger partial charge in [-0.3, -0.25) is 14.5 Å². The molecule has 2 heterocycles. The molecule has 0 unspecified atom stereocenters. The topological polar surface area (TPSA) is 105 Å². The predicted octanol–water partition coefficient (Wildman–Crippen LogP) is 2.71. The second-order valence-electron chi connectivity index (χ2n) is 6.91. The summed E-state index contributed by atoms with van der Waals surface area (Å²) in [6.45, 7) is 5.14. The van der Waals surface area contributed by atoms with Crippen LogP contribution in [0.3, 0.4) is 0 Å². The normalized spacial score (nSPS) is 12.3. The summed E-state index contributed by atoms with van der Waals surface area (Å²) in [6, 6.07) is 9.36. The third-order valence-corrected chi connectivity index (χ3v) is 5.70. The molecule has 0 atom stereocenters. The third kappa shape index (κ3) is 4.26. The van der Waals surface area contributed by atoms with Crippen LogP contribution in [0.1, 0.15) is 31.1 Å². The molecule has 0 spiro atoms. The minimum absolute atomic E-state index is 0.0243. The second kappa shape index (κ2) is 6.91. The van der Waals surface area contributed by atoms with Gasteiger partial charge in [0, 0.05) is 17.3 Å². The van der Waals surface area contributed by atoms with Crippen LogP contribution < -0.4 is 10.0 Å². The Morgan fingerprint density at radius 1 is 1.15 bits per heavy atom. The number of halogens is 1. The van der Waals surface area contributed by atoms with Crippen LogP contribution in [0.25, 0.3) is 5.65 Å². The molecule has 0 bridgehead atoms. The fraction of sp³-hybridized carbons (Fsp3) is 0.235. The summed E-state index contributed by atoms with van der Waals surface area (Å²) >= 11 is 6.06. The number of rotatable bonds is 4. The van der Waals surface area contributed by atoms with Crippen molar-refractivity contribution in [3.63, 3.8) is 0 Å². The molecule has 10 heteroatoms. The highest BCUT2D eigenvalue weighted by Gasteiger charge is 2.25. The molecule has 3 rings (SSSR count). The van der Waals surface area contributed by atoms with Gasteiger partial charge in [-0.15, -0.1) is 10.2 Å². The van der Waals surface area contributed by atoms with Gasteiger partial charge in [-0.2, -0.15) is 0 Å². The van der Waals surface area contributed by atoms with E-state index in [0.29, 0.717) is 5.65 Å². The average molecular weight is 408 g/mol. The van der Waals surface area contributed by atoms with Gasteiger partial charge in [-0.1, -0.05) is 17.7 Å². The lowest BCUT2D eigenvalue weighted by molar-refractivity contribution is 0.102. The van der Waals surface area contributed by atoms with Crippen molar-refractivity contribution < 1.29 is 13.2 Å². The summed E-state index contributed by atoms with van der Waals surface area (Å²) < 4.78 is 29.3. The monoisotopic (exact) mass is 407 g/mol. The van der Waals surface area contributed by atoms with Gasteiger partial charge in [-0.25, -0.2) is 13.1 Å². The molecule has 3 aromatic rings. The van der Waals surface area contributed by atoms with E-state index < -0.39 is 21.5 Å². The van der Waals surface area contributed by atoms with E-state index in [1.165, 1.54) is 18.2 Å². The number of fused-ring (bicyclic) bond motifs is 1. The Kier molecular flexibility index (Phi) is 4.94. The van der Waals surface area contributed by atoms with Crippen molar-refractivity contribution in [1.82, 2.24) is 19.3 Å². The fourth-order valence-corrected chi connectivity index (χ4v) is 4.35. The van der Waals surface area contributed by atoms with Gasteiger partial charge >= 0.3 is 0 Å². The maximum absolute atomic E-state index is 12.6. The molecule has 0 saturated heterocycles. The first-order valence-corrected chi connectivity index (χ1v) is 9.88. The predicted molar refractivity (Wildman–Crippen MR) is 102 cm³/mol. The standard InChI is InChI=1S/C17H18ClN5O3S/c1-17(2,3)22-27(25,26)13-10-11(7-8-12(13)18)15(24)19-16-21-20-14-6-4-5-9-23(14)16/h4-10,22H,1-3H3,(H,19,21,24). The molecule has 27 heavy (non-hydrogen) atoms. The molecule has 0 aliphatic carbocycles. The van der Waals surface area contributed by atoms with Crippen LogP contribution in [0.15, 0.2) is 47.5 Å². The Bertz CT molecular complexity index is 1120. The number of nitrogens with zero attached hydrogens (tertiary/aromatic N) is 3. The van der Waals surface area contributed by atoms with E-state index in [-0.39, 0.29) is 21.4 Å². The summed E-state index contributed by atoms with van der Waals surface area (Å²) in [7, 11) is -3.90. The van der Waals surface area contributed by atoms with Gasteiger partial charge in [0.25, 0.3) is 5.91 Å². The van der Waals surface area contributed by atoms with Gasteiger partial charge in [0.1, 0.15) is 4.90 Å². The van der Waals surface area contributed by atoms with E-state index >= 15 is 0 Å². The molecule has 0 fully saturated rings. The van der Waals surface area contributed by atoms with Crippen LogP contribution in [-0.2, 0) is 10.0 Å². The number of benzene rings is 1. The molecule has 0 radical (unpaired) electrons. The van der Waals surface area contributed by atoms with Crippen LogP contribution in [0.2, 0.25) is 5.02 Å². The summed E-state index contributed by atoms with van der Waals surface area (Å²) in [5.41, 5.74) is 0.00355. The molecule has 0 aliphatic heterocycles. The Balaban J connectivity index is 1.92. The van der Waals surface area contributed by atoms with E-state index in [9.17, 15) is 13.2 Å². The first kappa shape index (κ1) is 19.3. The van der Waals surface area contributed by atoms with Crippen LogP contribution in [0.4, 0.5) is 5.95 Å². The average Bonchev–Trinajstić information content (AvgIpc) is 2.96. The van der Waals surface area contributed by atoms with Gasteiger partial charge in [0.15, 0.2) is 5.65 Å². The number of hydrogen-bond donors (Lipinski definition) is 2. The van der Waals surface area contributed by atoms with Crippen LogP contribution in [0.5, 0.6) is 0 Å². The number of carbonyl (C=O) groups is 1. The SMILES string of the molecule is CC(C)(C)NS(=O)(=O)c1cc(C(=O)Nc2nnc3ccccn23)ccc1Cl. The molecular formula is C17H18ClN5O3S. The lowest BCUT2D eigenvalue weighted by Gasteiger charge is -2.21. The zero-order valence-corrected chi connectivity index (χ0v) is 16.5. The largest absolute Gasteiger partial charge is 0.290 e. The molecule has 142 valence electrons. The minimum Gasteiger partial charge on any atom is -0.290 e. The number of hydrogen-bond acceptors (Lipinski definition) is 5. The second-order valence-corrected chi connectivity index (χ2v) is 8.97. The highest BCUT2D eigenvalue weighted by Crippen LogP contribution is 2.24. The van der Waals surface area contributed by atoms with Crippen molar-refractivity contribution >= 4 is 39.1 Å². The Hall–Kier alpha value is -2.49. The van der Waals surface area contributed by atoms with E-state index in [1.54, 1.807) is 49.6 Å². The lowest BCUT2D eigenvalue weighted by Crippen LogP contribution is -2.40. The van der Waals surface area contributed by atoms with Gasteiger partial charge in [-0.05, 0) is 51.1 Å². The molecule has 0 aliphatic rings. The Morgan fingerprint density at radius 3 is 2.59 bits per heavy atom. The van der Waals surface area contributed by atoms with E-state index in [1.807, 2.05) is 0 Å². The minimum atomic E-state index is -3.90. The number of pyridine rings is 1. The zero-order valence-electron chi connectivity index (χ0n) is 14.9. The number of sulfonamides is 1. The molecule has 1 amide bonds. The zero-order chi connectivity index (χ0) is 19.8. The summed E-state index contributed by atoms with van der Waals surface area (Å²) in [5.74, 6) is -0.306. The van der Waals surface area contributed by atoms with Crippen molar-refractivity contribution in [1.29, 1.82) is 0 Å². The van der Waals surface area contributed by atoms with Gasteiger partial charge in [0.2, 0.25) is 16.0 Å². The van der Waals surface area contributed by atoms with E-state index in [2.05, 4.69) is 20.2 Å². The van der Waals surface area contributed by atoms with Crippen molar-refractivity contribution in [2.45, 2.75) is 31.2 Å². The number of anilines is 1. The van der Waals surface area contributed by atoms with Crippen molar-refractivity contribution in [3.05, 3.63) is 53.2 Å². The molecular weight excluding hydrogens is 390 g/mol. The first-order valence-electron chi connectivity index (χ1n) is 8.01. The maximum atomic E-state index is 12.6. The van der Waals surface area contributed by atoms with Crippen LogP contribution in [-0.4, -0.2) is 34.5 Å². The van der Waals surface area contributed by atoms with E-state index in [0.717, 1.165) is 0 Å². The summed E-state index contributed by atoms with van der Waals surface area (Å²) in [6.07, 6.45) is 1.70. The highest BCUT2D eigenvalue weighted by molar-refractivity contribution is 7.89.